The van der Waals surface area contributed by atoms with Crippen molar-refractivity contribution < 1.29 is 27.8 Å². The minimum absolute atomic E-state index is 0.364. The predicted molar refractivity (Wildman–Crippen MR) is 56.9 cm³/mol. The second-order valence-electron chi connectivity index (χ2n) is 3.50. The van der Waals surface area contributed by atoms with Crippen LogP contribution in [-0.2, 0) is 0 Å². The largest absolute Gasteiger partial charge is 0.480 e. The summed E-state index contributed by atoms with van der Waals surface area (Å²) in [6.07, 6.45) is 0.878. The van der Waals surface area contributed by atoms with Gasteiger partial charge in [-0.15, -0.1) is 0 Å². The number of rotatable bonds is 3. The monoisotopic (exact) mass is 272 g/mol. The summed E-state index contributed by atoms with van der Waals surface area (Å²) >= 11 is 0. The number of carboxylic acids is 1. The van der Waals surface area contributed by atoms with Gasteiger partial charge in [-0.25, -0.2) is 18.0 Å². The minimum atomic E-state index is -1.37. The standard InChI is InChI=1S/C11H7F3N2O3/c1-19-10-6(11(17)18)4-15-16(10)9-7(13)2-5(12)3-8(9)14/h2-4H,1H3,(H,17,18). The Balaban J connectivity index is 2.69. The molecule has 0 aliphatic carbocycles. The highest BCUT2D eigenvalue weighted by molar-refractivity contribution is 5.90. The molecule has 1 heterocycles. The smallest absolute Gasteiger partial charge is 0.342 e. The van der Waals surface area contributed by atoms with Gasteiger partial charge in [0.25, 0.3) is 0 Å². The molecule has 0 radical (unpaired) electrons. The second-order valence-corrected chi connectivity index (χ2v) is 3.50. The highest BCUT2D eigenvalue weighted by Gasteiger charge is 2.23. The number of aromatic carboxylic acids is 1. The SMILES string of the molecule is COc1c(C(=O)O)cnn1-c1c(F)cc(F)cc1F. The third-order valence-electron chi connectivity index (χ3n) is 2.34. The highest BCUT2D eigenvalue weighted by atomic mass is 19.1. The molecule has 8 heteroatoms. The summed E-state index contributed by atoms with van der Waals surface area (Å²) in [4.78, 5) is 10.9. The normalized spacial score (nSPS) is 10.5. The van der Waals surface area contributed by atoms with Crippen molar-refractivity contribution >= 4 is 5.97 Å². The van der Waals surface area contributed by atoms with Crippen LogP contribution in [0.5, 0.6) is 5.88 Å². The number of ether oxygens (including phenoxy) is 1. The Bertz CT molecular complexity index is 632. The zero-order valence-corrected chi connectivity index (χ0v) is 9.52. The molecule has 100 valence electrons. The van der Waals surface area contributed by atoms with Gasteiger partial charge in [0.2, 0.25) is 5.88 Å². The Labute approximate surface area is 104 Å². The van der Waals surface area contributed by atoms with Crippen molar-refractivity contribution in [3.63, 3.8) is 0 Å². The molecule has 0 aliphatic rings. The lowest BCUT2D eigenvalue weighted by molar-refractivity contribution is 0.0693. The number of methoxy groups -OCH3 is 1. The van der Waals surface area contributed by atoms with E-state index >= 15 is 0 Å². The summed E-state index contributed by atoms with van der Waals surface area (Å²) in [5, 5.41) is 12.4. The van der Waals surface area contributed by atoms with Crippen LogP contribution in [0.1, 0.15) is 10.4 Å². The van der Waals surface area contributed by atoms with E-state index in [0.29, 0.717) is 16.8 Å². The Kier molecular flexibility index (Phi) is 3.16. The van der Waals surface area contributed by atoms with Gasteiger partial charge in [-0.2, -0.15) is 9.78 Å². The fourth-order valence-corrected chi connectivity index (χ4v) is 1.58. The van der Waals surface area contributed by atoms with E-state index in [4.69, 9.17) is 9.84 Å². The molecule has 1 N–H and O–H groups in total. The van der Waals surface area contributed by atoms with Gasteiger partial charge < -0.3 is 9.84 Å². The Morgan fingerprint density at radius 2 is 1.89 bits per heavy atom. The van der Waals surface area contributed by atoms with Crippen LogP contribution in [0, 0.1) is 17.5 Å². The van der Waals surface area contributed by atoms with Gasteiger partial charge in [-0.3, -0.25) is 0 Å². The van der Waals surface area contributed by atoms with Crippen molar-refractivity contribution in [3.05, 3.63) is 41.3 Å². The quantitative estimate of drug-likeness (QED) is 0.928. The van der Waals surface area contributed by atoms with Crippen LogP contribution in [0.15, 0.2) is 18.3 Å². The Hall–Kier alpha value is -2.51. The van der Waals surface area contributed by atoms with Crippen LogP contribution in [0.2, 0.25) is 0 Å². The highest BCUT2D eigenvalue weighted by Crippen LogP contribution is 2.26. The number of aromatic nitrogens is 2. The third kappa shape index (κ3) is 2.12. The first-order valence-electron chi connectivity index (χ1n) is 4.96. The topological polar surface area (TPSA) is 64.3 Å². The van der Waals surface area contributed by atoms with E-state index in [9.17, 15) is 18.0 Å². The maximum Gasteiger partial charge on any atom is 0.342 e. The lowest BCUT2D eigenvalue weighted by atomic mass is 10.2. The molecule has 0 saturated carbocycles. The summed E-state index contributed by atoms with van der Waals surface area (Å²) in [7, 11) is 1.12. The first kappa shape index (κ1) is 12.9. The van der Waals surface area contributed by atoms with Gasteiger partial charge in [-0.1, -0.05) is 0 Å². The molecule has 0 fully saturated rings. The molecule has 0 spiro atoms. The summed E-state index contributed by atoms with van der Waals surface area (Å²) in [6, 6.07) is 0.917. The van der Waals surface area contributed by atoms with E-state index in [-0.39, 0.29) is 11.4 Å². The molecule has 0 amide bonds. The fourth-order valence-electron chi connectivity index (χ4n) is 1.58. The van der Waals surface area contributed by atoms with Crippen molar-refractivity contribution in [1.82, 2.24) is 9.78 Å². The van der Waals surface area contributed by atoms with Crippen LogP contribution >= 0.6 is 0 Å². The van der Waals surface area contributed by atoms with Gasteiger partial charge in [0.1, 0.15) is 17.1 Å². The molecule has 1 aromatic carbocycles. The average molecular weight is 272 g/mol. The Morgan fingerprint density at radius 3 is 2.37 bits per heavy atom. The van der Waals surface area contributed by atoms with Gasteiger partial charge in [0.15, 0.2) is 11.6 Å². The van der Waals surface area contributed by atoms with Crippen molar-refractivity contribution in [1.29, 1.82) is 0 Å². The number of carbonyl (C=O) groups is 1. The maximum absolute atomic E-state index is 13.6. The first-order chi connectivity index (χ1) is 8.95. The van der Waals surface area contributed by atoms with Crippen molar-refractivity contribution in [2.75, 3.05) is 7.11 Å². The molecule has 5 nitrogen and oxygen atoms in total. The molecule has 0 saturated heterocycles. The molecule has 2 aromatic rings. The first-order valence-corrected chi connectivity index (χ1v) is 4.96. The van der Waals surface area contributed by atoms with Crippen molar-refractivity contribution in [2.24, 2.45) is 0 Å². The molecular weight excluding hydrogens is 265 g/mol. The van der Waals surface area contributed by atoms with Crippen molar-refractivity contribution in [2.45, 2.75) is 0 Å². The van der Waals surface area contributed by atoms with Gasteiger partial charge in [-0.05, 0) is 0 Å². The molecule has 0 aliphatic heterocycles. The number of hydrogen-bond donors (Lipinski definition) is 1. The van der Waals surface area contributed by atoms with Crippen LogP contribution in [-0.4, -0.2) is 28.0 Å². The number of carboxylic acid groups (broad SMARTS) is 1. The fraction of sp³-hybridized carbons (Fsp3) is 0.0909. The zero-order chi connectivity index (χ0) is 14.2. The molecule has 19 heavy (non-hydrogen) atoms. The lowest BCUT2D eigenvalue weighted by Gasteiger charge is -2.09. The predicted octanol–water partition coefficient (Wildman–Crippen LogP) is 2.00. The molecule has 1 aromatic heterocycles. The maximum atomic E-state index is 13.6. The summed E-state index contributed by atoms with van der Waals surface area (Å²) in [5.41, 5.74) is -1.09. The van der Waals surface area contributed by atoms with Crippen LogP contribution in [0.25, 0.3) is 5.69 Å². The Morgan fingerprint density at radius 1 is 1.32 bits per heavy atom. The zero-order valence-electron chi connectivity index (χ0n) is 9.52. The number of hydrogen-bond acceptors (Lipinski definition) is 3. The molecule has 0 bridgehead atoms. The van der Waals surface area contributed by atoms with E-state index in [0.717, 1.165) is 13.3 Å². The average Bonchev–Trinajstić information content (AvgIpc) is 2.71. The van der Waals surface area contributed by atoms with E-state index in [1.165, 1.54) is 0 Å². The second kappa shape index (κ2) is 4.63. The number of benzene rings is 1. The molecule has 0 unspecified atom stereocenters. The summed E-state index contributed by atoms with van der Waals surface area (Å²) in [5.74, 6) is -5.28. The summed E-state index contributed by atoms with van der Waals surface area (Å²) < 4.78 is 45.3. The molecule has 0 atom stereocenters. The molecule has 2 rings (SSSR count). The van der Waals surface area contributed by atoms with Crippen LogP contribution in [0.3, 0.4) is 0 Å². The van der Waals surface area contributed by atoms with Crippen LogP contribution < -0.4 is 4.74 Å². The number of nitrogens with zero attached hydrogens (tertiary/aromatic N) is 2. The molecular formula is C11H7F3N2O3. The van der Waals surface area contributed by atoms with E-state index in [1.54, 1.807) is 0 Å². The minimum Gasteiger partial charge on any atom is -0.480 e. The van der Waals surface area contributed by atoms with Crippen LogP contribution in [0.4, 0.5) is 13.2 Å². The van der Waals surface area contributed by atoms with E-state index < -0.39 is 29.1 Å². The summed E-state index contributed by atoms with van der Waals surface area (Å²) in [6.45, 7) is 0. The van der Waals surface area contributed by atoms with Gasteiger partial charge in [0.05, 0.1) is 13.3 Å². The van der Waals surface area contributed by atoms with Crippen molar-refractivity contribution in [3.8, 4) is 11.6 Å². The van der Waals surface area contributed by atoms with E-state index in [2.05, 4.69) is 5.10 Å². The van der Waals surface area contributed by atoms with Gasteiger partial charge in [0, 0.05) is 12.1 Å². The third-order valence-corrected chi connectivity index (χ3v) is 2.34. The van der Waals surface area contributed by atoms with Gasteiger partial charge >= 0.3 is 5.97 Å². The number of halogens is 3. The van der Waals surface area contributed by atoms with E-state index in [1.807, 2.05) is 0 Å². The lowest BCUT2D eigenvalue weighted by Crippen LogP contribution is -2.07.